The Hall–Kier alpha value is -4.47. The zero-order chi connectivity index (χ0) is 35.1. The number of Topliss-reactive ketones (excluding diaryl/α,β-unsaturated/α-hetero) is 1. The summed E-state index contributed by atoms with van der Waals surface area (Å²) in [5, 5.41) is 31.4. The van der Waals surface area contributed by atoms with E-state index >= 15 is 0 Å². The fraction of sp³-hybridized carbons (Fsp3) is 0.500. The van der Waals surface area contributed by atoms with E-state index in [1.807, 2.05) is 30.3 Å². The standard InChI is InChI=1S/C38H51NO9/c1-2-3-4-7-13-18-30(40)19-14-8-5-6-9-15-20-32(33(37(44)45)26-35(41)42)36(43)39-34(38(46)47)25-28-21-23-31(24-22-28)48-27-29-16-11-10-12-17-29/h10-12,15-17,20-24,32-34H,2-9,13-14,18-19,25-27H2,1H3,(H,39,43)(H,41,42)(H,44,45)(H,46,47)/b20-15+/t32?,33-,34+/m1/s1. The lowest BCUT2D eigenvalue weighted by Crippen LogP contribution is -2.47. The number of amides is 1. The zero-order valence-electron chi connectivity index (χ0n) is 28.0. The molecule has 1 unspecified atom stereocenters. The molecule has 0 spiro atoms. The van der Waals surface area contributed by atoms with Gasteiger partial charge in [-0.1, -0.05) is 100 Å². The molecule has 10 nitrogen and oxygen atoms in total. The van der Waals surface area contributed by atoms with Crippen LogP contribution in [0.15, 0.2) is 66.7 Å². The molecule has 48 heavy (non-hydrogen) atoms. The van der Waals surface area contributed by atoms with Gasteiger partial charge < -0.3 is 25.4 Å². The van der Waals surface area contributed by atoms with Crippen LogP contribution in [0.25, 0.3) is 0 Å². The summed E-state index contributed by atoms with van der Waals surface area (Å²) < 4.78 is 5.77. The van der Waals surface area contributed by atoms with Crippen LogP contribution in [-0.2, 0) is 37.0 Å². The lowest BCUT2D eigenvalue weighted by molar-refractivity contribution is -0.152. The number of carboxylic acids is 3. The molecular weight excluding hydrogens is 614 g/mol. The minimum absolute atomic E-state index is 0.0749. The number of ether oxygens (including phenoxy) is 1. The van der Waals surface area contributed by atoms with Crippen LogP contribution in [0.5, 0.6) is 5.75 Å². The summed E-state index contributed by atoms with van der Waals surface area (Å²) in [7, 11) is 0. The Morgan fingerprint density at radius 1 is 0.750 bits per heavy atom. The molecule has 0 aromatic heterocycles. The van der Waals surface area contributed by atoms with Crippen LogP contribution in [0, 0.1) is 11.8 Å². The van der Waals surface area contributed by atoms with Crippen molar-refractivity contribution in [2.24, 2.45) is 11.8 Å². The van der Waals surface area contributed by atoms with Gasteiger partial charge in [-0.15, -0.1) is 0 Å². The van der Waals surface area contributed by atoms with Gasteiger partial charge in [0.15, 0.2) is 0 Å². The second-order valence-electron chi connectivity index (χ2n) is 12.2. The van der Waals surface area contributed by atoms with E-state index < -0.39 is 48.1 Å². The van der Waals surface area contributed by atoms with E-state index in [-0.39, 0.29) is 6.42 Å². The molecule has 0 radical (unpaired) electrons. The third kappa shape index (κ3) is 16.4. The Morgan fingerprint density at radius 3 is 1.96 bits per heavy atom. The molecule has 0 aliphatic heterocycles. The van der Waals surface area contributed by atoms with Crippen LogP contribution in [-0.4, -0.2) is 51.0 Å². The molecule has 3 atom stereocenters. The van der Waals surface area contributed by atoms with E-state index in [0.717, 1.165) is 44.1 Å². The van der Waals surface area contributed by atoms with E-state index in [1.165, 1.54) is 25.3 Å². The molecule has 0 aliphatic carbocycles. The Morgan fingerprint density at radius 2 is 1.38 bits per heavy atom. The molecule has 0 heterocycles. The number of nitrogens with one attached hydrogen (secondary N) is 1. The minimum atomic E-state index is -1.58. The van der Waals surface area contributed by atoms with Crippen molar-refractivity contribution in [2.45, 2.75) is 109 Å². The highest BCUT2D eigenvalue weighted by molar-refractivity contribution is 5.91. The van der Waals surface area contributed by atoms with Crippen LogP contribution in [0.2, 0.25) is 0 Å². The molecule has 262 valence electrons. The number of carbonyl (C=O) groups excluding carboxylic acids is 2. The normalized spacial score (nSPS) is 13.0. The fourth-order valence-electron chi connectivity index (χ4n) is 5.36. The van der Waals surface area contributed by atoms with Crippen LogP contribution >= 0.6 is 0 Å². The summed E-state index contributed by atoms with van der Waals surface area (Å²) in [5.41, 5.74) is 1.60. The van der Waals surface area contributed by atoms with Gasteiger partial charge in [0.2, 0.25) is 5.91 Å². The van der Waals surface area contributed by atoms with Crippen molar-refractivity contribution < 1.29 is 44.0 Å². The third-order valence-electron chi connectivity index (χ3n) is 8.15. The number of hydrogen-bond donors (Lipinski definition) is 4. The van der Waals surface area contributed by atoms with Crippen molar-refractivity contribution in [2.75, 3.05) is 0 Å². The smallest absolute Gasteiger partial charge is 0.326 e. The molecule has 2 rings (SSSR count). The Kier molecular flexibility index (Phi) is 19.0. The summed E-state index contributed by atoms with van der Waals surface area (Å²) in [5.74, 6) is -7.11. The summed E-state index contributed by atoms with van der Waals surface area (Å²) >= 11 is 0. The molecule has 0 saturated carbocycles. The molecule has 0 aliphatic rings. The number of carbonyl (C=O) groups is 5. The Balaban J connectivity index is 1.93. The molecule has 0 bridgehead atoms. The maximum absolute atomic E-state index is 13.3. The minimum Gasteiger partial charge on any atom is -0.489 e. The largest absolute Gasteiger partial charge is 0.489 e. The van der Waals surface area contributed by atoms with Crippen LogP contribution in [0.3, 0.4) is 0 Å². The number of allylic oxidation sites excluding steroid dienone is 1. The first kappa shape index (κ1) is 39.7. The molecule has 2 aromatic carbocycles. The van der Waals surface area contributed by atoms with Gasteiger partial charge >= 0.3 is 17.9 Å². The Bertz CT molecular complexity index is 1310. The van der Waals surface area contributed by atoms with Crippen molar-refractivity contribution >= 4 is 29.6 Å². The first-order valence-electron chi connectivity index (χ1n) is 17.0. The van der Waals surface area contributed by atoms with Crippen molar-refractivity contribution in [3.8, 4) is 5.75 Å². The first-order valence-corrected chi connectivity index (χ1v) is 17.0. The highest BCUT2D eigenvalue weighted by atomic mass is 16.5. The van der Waals surface area contributed by atoms with Gasteiger partial charge in [-0.2, -0.15) is 0 Å². The van der Waals surface area contributed by atoms with Crippen LogP contribution < -0.4 is 10.1 Å². The van der Waals surface area contributed by atoms with E-state index in [1.54, 1.807) is 30.3 Å². The summed E-state index contributed by atoms with van der Waals surface area (Å²) in [4.78, 5) is 60.9. The highest BCUT2D eigenvalue weighted by Gasteiger charge is 2.35. The maximum atomic E-state index is 13.3. The average Bonchev–Trinajstić information content (AvgIpc) is 3.06. The molecule has 2 aromatic rings. The first-order chi connectivity index (χ1) is 23.1. The monoisotopic (exact) mass is 665 g/mol. The zero-order valence-corrected chi connectivity index (χ0v) is 28.0. The number of carboxylic acid groups (broad SMARTS) is 3. The van der Waals surface area contributed by atoms with Crippen molar-refractivity contribution in [1.29, 1.82) is 0 Å². The number of unbranched alkanes of at least 4 members (excludes halogenated alkanes) is 8. The number of hydrogen-bond acceptors (Lipinski definition) is 6. The number of rotatable bonds is 26. The molecule has 10 heteroatoms. The number of ketones is 1. The van der Waals surface area contributed by atoms with Gasteiger partial charge in [-0.3, -0.25) is 19.2 Å². The van der Waals surface area contributed by atoms with Gasteiger partial charge in [0, 0.05) is 19.3 Å². The molecular formula is C38H51NO9. The van der Waals surface area contributed by atoms with Crippen molar-refractivity contribution in [3.05, 3.63) is 77.9 Å². The predicted octanol–water partition coefficient (Wildman–Crippen LogP) is 7.00. The second-order valence-corrected chi connectivity index (χ2v) is 12.2. The molecule has 4 N–H and O–H groups in total. The van der Waals surface area contributed by atoms with Gasteiger partial charge in [-0.25, -0.2) is 4.79 Å². The summed E-state index contributed by atoms with van der Waals surface area (Å²) in [6.07, 6.45) is 12.7. The van der Waals surface area contributed by atoms with E-state index in [0.29, 0.717) is 43.0 Å². The van der Waals surface area contributed by atoms with Crippen molar-refractivity contribution in [1.82, 2.24) is 5.32 Å². The van der Waals surface area contributed by atoms with Gasteiger partial charge in [0.1, 0.15) is 24.2 Å². The fourth-order valence-corrected chi connectivity index (χ4v) is 5.36. The van der Waals surface area contributed by atoms with Gasteiger partial charge in [-0.05, 0) is 48.9 Å². The topological polar surface area (TPSA) is 167 Å². The molecule has 0 fully saturated rings. The third-order valence-corrected chi connectivity index (χ3v) is 8.15. The van der Waals surface area contributed by atoms with Crippen LogP contribution in [0.4, 0.5) is 0 Å². The SMILES string of the molecule is CCCCCCCC(=O)CCCCCC/C=C/C(C(=O)N[C@@H](Cc1ccc(OCc2ccccc2)cc1)C(=O)O)[C@@H](CC(=O)O)C(=O)O. The Labute approximate surface area is 283 Å². The highest BCUT2D eigenvalue weighted by Crippen LogP contribution is 2.21. The second kappa shape index (κ2) is 23.0. The lowest BCUT2D eigenvalue weighted by Gasteiger charge is -2.22. The number of aliphatic carboxylic acids is 3. The van der Waals surface area contributed by atoms with Crippen LogP contribution in [0.1, 0.15) is 102 Å². The van der Waals surface area contributed by atoms with E-state index in [4.69, 9.17) is 4.74 Å². The molecule has 1 amide bonds. The average molecular weight is 666 g/mol. The molecule has 0 saturated heterocycles. The van der Waals surface area contributed by atoms with E-state index in [9.17, 15) is 39.3 Å². The van der Waals surface area contributed by atoms with E-state index in [2.05, 4.69) is 12.2 Å². The number of benzene rings is 2. The van der Waals surface area contributed by atoms with Gasteiger partial charge in [0.25, 0.3) is 0 Å². The predicted molar refractivity (Wildman–Crippen MR) is 183 cm³/mol. The quantitative estimate of drug-likeness (QED) is 0.0611. The van der Waals surface area contributed by atoms with Gasteiger partial charge in [0.05, 0.1) is 18.3 Å². The van der Waals surface area contributed by atoms with Crippen molar-refractivity contribution in [3.63, 3.8) is 0 Å². The lowest BCUT2D eigenvalue weighted by atomic mass is 9.87. The summed E-state index contributed by atoms with van der Waals surface area (Å²) in [6.45, 7) is 2.52. The maximum Gasteiger partial charge on any atom is 0.326 e. The summed E-state index contributed by atoms with van der Waals surface area (Å²) in [6, 6.07) is 15.0.